The summed E-state index contributed by atoms with van der Waals surface area (Å²) >= 11 is 0. The van der Waals surface area contributed by atoms with Crippen LogP contribution in [0.3, 0.4) is 0 Å². The maximum Gasteiger partial charge on any atom is 0.423 e. The summed E-state index contributed by atoms with van der Waals surface area (Å²) in [6, 6.07) is 2.17. The zero-order valence-electron chi connectivity index (χ0n) is 21.9. The van der Waals surface area contributed by atoms with Gasteiger partial charge in [0, 0.05) is 37.4 Å². The van der Waals surface area contributed by atoms with Gasteiger partial charge in [-0.1, -0.05) is 6.42 Å². The van der Waals surface area contributed by atoms with Gasteiger partial charge in [-0.05, 0) is 42.7 Å². The van der Waals surface area contributed by atoms with Crippen molar-refractivity contribution < 1.29 is 30.4 Å². The number of hydrogen-bond acceptors (Lipinski definition) is 8. The van der Waals surface area contributed by atoms with Gasteiger partial charge in [0.05, 0.1) is 22.8 Å². The molecule has 16 heteroatoms. The minimum atomic E-state index is -4.89. The van der Waals surface area contributed by atoms with Gasteiger partial charge in [0.1, 0.15) is 10.5 Å². The van der Waals surface area contributed by atoms with E-state index in [-0.39, 0.29) is 34.1 Å². The van der Waals surface area contributed by atoms with Gasteiger partial charge < -0.3 is 9.88 Å². The van der Waals surface area contributed by atoms with Crippen LogP contribution < -0.4 is 16.4 Å². The predicted molar refractivity (Wildman–Crippen MR) is 141 cm³/mol. The Kier molecular flexibility index (Phi) is 7.59. The van der Waals surface area contributed by atoms with E-state index in [4.69, 9.17) is 0 Å². The third kappa shape index (κ3) is 5.75. The fourth-order valence-electron chi connectivity index (χ4n) is 5.20. The molecule has 0 amide bonds. The van der Waals surface area contributed by atoms with Crippen LogP contribution in [-0.4, -0.2) is 45.4 Å². The third-order valence-corrected chi connectivity index (χ3v) is 8.25. The summed E-state index contributed by atoms with van der Waals surface area (Å²) in [5, 5.41) is 7.59. The monoisotopic (exact) mass is 610 g/mol. The Hall–Kier alpha value is -4.21. The van der Waals surface area contributed by atoms with Gasteiger partial charge in [-0.3, -0.25) is 9.59 Å². The van der Waals surface area contributed by atoms with Crippen molar-refractivity contribution >= 4 is 26.3 Å². The van der Waals surface area contributed by atoms with E-state index in [1.54, 1.807) is 5.10 Å². The van der Waals surface area contributed by atoms with E-state index in [9.17, 15) is 31.2 Å². The molecule has 222 valence electrons. The largest absolute Gasteiger partial charge is 0.423 e. The van der Waals surface area contributed by atoms with Gasteiger partial charge >= 0.3 is 6.18 Å². The fraction of sp³-hybridized carbons (Fsp3) is 0.346. The summed E-state index contributed by atoms with van der Waals surface area (Å²) in [4.78, 5) is 32.5. The van der Waals surface area contributed by atoms with E-state index in [2.05, 4.69) is 20.4 Å². The van der Waals surface area contributed by atoms with E-state index in [1.807, 2.05) is 0 Å². The van der Waals surface area contributed by atoms with Crippen molar-refractivity contribution in [3.05, 3.63) is 74.8 Å². The lowest BCUT2D eigenvalue weighted by atomic mass is 9.85. The number of rotatable bonds is 6. The zero-order chi connectivity index (χ0) is 30.4. The van der Waals surface area contributed by atoms with E-state index >= 15 is 8.78 Å². The molecule has 10 nitrogen and oxygen atoms in total. The second-order valence-corrected chi connectivity index (χ2v) is 12.2. The summed E-state index contributed by atoms with van der Waals surface area (Å²) in [6.07, 6.45) is 2.44. The molecular weight excluding hydrogens is 587 g/mol. The molecule has 3 heterocycles. The Morgan fingerprint density at radius 1 is 1.10 bits per heavy atom. The van der Waals surface area contributed by atoms with Crippen molar-refractivity contribution in [3.63, 3.8) is 0 Å². The molecule has 0 saturated heterocycles. The molecule has 0 unspecified atom stereocenters. The minimum absolute atomic E-state index is 0.0746. The minimum Gasteiger partial charge on any atom is -0.380 e. The first-order chi connectivity index (χ1) is 19.7. The topological polar surface area (TPSA) is 140 Å². The van der Waals surface area contributed by atoms with Crippen LogP contribution in [0.4, 0.5) is 27.6 Å². The number of pyridine rings is 1. The summed E-state index contributed by atoms with van der Waals surface area (Å²) < 4.78 is 95.1. The van der Waals surface area contributed by atoms with Crippen molar-refractivity contribution in [2.45, 2.75) is 49.3 Å². The van der Waals surface area contributed by atoms with Crippen LogP contribution in [0.25, 0.3) is 22.2 Å². The molecule has 0 bridgehead atoms. The number of benzene rings is 1. The number of sulfone groups is 1. The Labute approximate surface area is 234 Å². The number of anilines is 1. The van der Waals surface area contributed by atoms with Gasteiger partial charge in [0.15, 0.2) is 27.3 Å². The molecule has 1 aromatic carbocycles. The SMILES string of the molecule is CS(=O)(=O)c1cnc(-c2cc3ccn(C[C@@H]4CCC[C@H](Nc5cn[nH]c(=O)c5C(F)(F)F)C4)c(=O)c3c(F)c2F)nc1. The first-order valence-corrected chi connectivity index (χ1v) is 14.6. The highest BCUT2D eigenvalue weighted by molar-refractivity contribution is 7.90. The molecule has 2 N–H and O–H groups in total. The summed E-state index contributed by atoms with van der Waals surface area (Å²) in [7, 11) is -3.61. The van der Waals surface area contributed by atoms with Crippen molar-refractivity contribution in [3.8, 4) is 11.4 Å². The molecule has 1 saturated carbocycles. The number of halogens is 5. The lowest BCUT2D eigenvalue weighted by molar-refractivity contribution is -0.138. The first kappa shape index (κ1) is 29.3. The Bertz CT molecular complexity index is 1890. The van der Waals surface area contributed by atoms with Gasteiger partial charge in [-0.25, -0.2) is 32.3 Å². The van der Waals surface area contributed by atoms with Crippen LogP contribution in [0.2, 0.25) is 0 Å². The van der Waals surface area contributed by atoms with Crippen molar-refractivity contribution in [1.29, 1.82) is 0 Å². The molecule has 0 radical (unpaired) electrons. The maximum absolute atomic E-state index is 15.2. The van der Waals surface area contributed by atoms with E-state index < -0.39 is 61.4 Å². The van der Waals surface area contributed by atoms with Crippen molar-refractivity contribution in [2.75, 3.05) is 11.6 Å². The molecule has 1 fully saturated rings. The highest BCUT2D eigenvalue weighted by atomic mass is 32.2. The molecule has 1 aliphatic rings. The number of H-pyrrole nitrogens is 1. The third-order valence-electron chi connectivity index (χ3n) is 7.18. The van der Waals surface area contributed by atoms with Crippen LogP contribution in [-0.2, 0) is 22.6 Å². The second kappa shape index (κ2) is 10.9. The van der Waals surface area contributed by atoms with Crippen molar-refractivity contribution in [1.82, 2.24) is 24.7 Å². The van der Waals surface area contributed by atoms with Crippen molar-refractivity contribution in [2.24, 2.45) is 5.92 Å². The van der Waals surface area contributed by atoms with E-state index in [1.165, 1.54) is 22.9 Å². The number of nitrogens with zero attached hydrogens (tertiary/aromatic N) is 4. The number of hydrogen-bond donors (Lipinski definition) is 2. The lowest BCUT2D eigenvalue weighted by Crippen LogP contribution is -2.33. The molecule has 5 rings (SSSR count). The Morgan fingerprint density at radius 3 is 2.48 bits per heavy atom. The number of alkyl halides is 3. The fourth-order valence-corrected chi connectivity index (χ4v) is 5.69. The van der Waals surface area contributed by atoms with Crippen LogP contribution in [0.5, 0.6) is 0 Å². The van der Waals surface area contributed by atoms with Gasteiger partial charge in [-0.15, -0.1) is 0 Å². The molecular formula is C26H23F5N6O4S. The molecule has 0 aliphatic heterocycles. The highest BCUT2D eigenvalue weighted by Crippen LogP contribution is 2.34. The van der Waals surface area contributed by atoms with Gasteiger partial charge in [0.25, 0.3) is 11.1 Å². The van der Waals surface area contributed by atoms with E-state index in [0.717, 1.165) is 24.8 Å². The van der Waals surface area contributed by atoms with Crippen LogP contribution in [0, 0.1) is 17.6 Å². The lowest BCUT2D eigenvalue weighted by Gasteiger charge is -2.31. The van der Waals surface area contributed by atoms with Crippen LogP contribution in [0.15, 0.2) is 51.4 Å². The molecule has 1 aliphatic carbocycles. The first-order valence-electron chi connectivity index (χ1n) is 12.7. The summed E-state index contributed by atoms with van der Waals surface area (Å²) in [5.74, 6) is -3.25. The molecule has 0 spiro atoms. The Morgan fingerprint density at radius 2 is 1.81 bits per heavy atom. The predicted octanol–water partition coefficient (Wildman–Crippen LogP) is 3.91. The molecule has 4 aromatic rings. The standard InChI is InChI=1S/C26H23F5N6O4S/c1-42(40,41)16-9-32-23(33-10-16)17-8-14-5-6-37(25(39)19(14)22(28)21(17)27)12-13-3-2-4-15(7-13)35-18-11-34-36-24(38)20(18)26(29,30)31/h5-6,8-11,13,15H,2-4,7,12H2,1H3,(H2,35,36,38)/t13-,15+/m1/s1. The smallest absolute Gasteiger partial charge is 0.380 e. The quantitative estimate of drug-likeness (QED) is 0.313. The highest BCUT2D eigenvalue weighted by Gasteiger charge is 2.38. The number of aromatic nitrogens is 5. The summed E-state index contributed by atoms with van der Waals surface area (Å²) in [5.41, 5.74) is -4.33. The van der Waals surface area contributed by atoms with Gasteiger partial charge in [0.2, 0.25) is 0 Å². The average molecular weight is 611 g/mol. The average Bonchev–Trinajstić information content (AvgIpc) is 2.91. The summed E-state index contributed by atoms with van der Waals surface area (Å²) in [6.45, 7) is 0.103. The number of nitrogens with one attached hydrogen (secondary N) is 2. The molecule has 2 atom stereocenters. The normalized spacial score (nSPS) is 17.9. The number of fused-ring (bicyclic) bond motifs is 1. The van der Waals surface area contributed by atoms with Crippen LogP contribution >= 0.6 is 0 Å². The van der Waals surface area contributed by atoms with Crippen LogP contribution in [0.1, 0.15) is 31.2 Å². The maximum atomic E-state index is 15.2. The molecule has 3 aromatic heterocycles. The molecule has 42 heavy (non-hydrogen) atoms. The van der Waals surface area contributed by atoms with Gasteiger partial charge in [-0.2, -0.15) is 18.3 Å². The number of aromatic amines is 1. The van der Waals surface area contributed by atoms with E-state index in [0.29, 0.717) is 25.7 Å². The second-order valence-electron chi connectivity index (χ2n) is 10.2. The zero-order valence-corrected chi connectivity index (χ0v) is 22.7. The Balaban J connectivity index is 1.39.